The van der Waals surface area contributed by atoms with Gasteiger partial charge in [0.2, 0.25) is 0 Å². The molecule has 188 valence electrons. The topological polar surface area (TPSA) is 55.8 Å². The highest BCUT2D eigenvalue weighted by atomic mass is 31.2. The van der Waals surface area contributed by atoms with E-state index in [4.69, 9.17) is 9.05 Å². The van der Waals surface area contributed by atoms with Gasteiger partial charge in [-0.05, 0) is 67.3 Å². The van der Waals surface area contributed by atoms with Crippen LogP contribution < -0.4 is 0 Å². The lowest BCUT2D eigenvalue weighted by Gasteiger charge is -2.42. The predicted octanol–water partition coefficient (Wildman–Crippen LogP) is 7.96. The van der Waals surface area contributed by atoms with Gasteiger partial charge in [0.1, 0.15) is 5.82 Å². The first kappa shape index (κ1) is 26.9. The lowest BCUT2D eigenvalue weighted by molar-refractivity contribution is -0.0156. The van der Waals surface area contributed by atoms with Gasteiger partial charge in [0, 0.05) is 5.56 Å². The molecule has 0 bridgehead atoms. The lowest BCUT2D eigenvalue weighted by Crippen LogP contribution is -2.37. The van der Waals surface area contributed by atoms with Crippen molar-refractivity contribution in [2.75, 3.05) is 0 Å². The van der Waals surface area contributed by atoms with Gasteiger partial charge in [0.25, 0.3) is 0 Å². The number of aliphatic hydroxyl groups excluding tert-OH is 1. The SMILES string of the molecule is CC(C)[C@H]1CC[C@@H](C)C[C@@H]1OP(=O)(O[C@@H]1C[C@@H](C)CC[C@@H]1C(C)C)[C@@H](O)c1ccccc1F. The number of rotatable bonds is 8. The van der Waals surface area contributed by atoms with Crippen molar-refractivity contribution in [3.8, 4) is 0 Å². The highest BCUT2D eigenvalue weighted by molar-refractivity contribution is 7.54. The first-order valence-electron chi connectivity index (χ1n) is 12.9. The summed E-state index contributed by atoms with van der Waals surface area (Å²) in [5.41, 5.74) is -0.0178. The molecular weight excluding hydrogens is 438 g/mol. The van der Waals surface area contributed by atoms with Gasteiger partial charge in [-0.15, -0.1) is 0 Å². The maximum atomic E-state index is 14.7. The van der Waals surface area contributed by atoms with Gasteiger partial charge in [0.05, 0.1) is 12.2 Å². The molecule has 0 amide bonds. The van der Waals surface area contributed by atoms with E-state index >= 15 is 0 Å². The second-order valence-corrected chi connectivity index (χ2v) is 13.4. The third kappa shape index (κ3) is 6.48. The average Bonchev–Trinajstić information content (AvgIpc) is 2.73. The van der Waals surface area contributed by atoms with Crippen LogP contribution in [0.5, 0.6) is 0 Å². The zero-order valence-corrected chi connectivity index (χ0v) is 22.1. The summed E-state index contributed by atoms with van der Waals surface area (Å²) in [6.07, 6.45) is 5.20. The first-order valence-corrected chi connectivity index (χ1v) is 14.5. The Morgan fingerprint density at radius 3 is 1.76 bits per heavy atom. The number of benzene rings is 1. The van der Waals surface area contributed by atoms with E-state index in [1.165, 1.54) is 12.1 Å². The van der Waals surface area contributed by atoms with Crippen LogP contribution in [0.3, 0.4) is 0 Å². The zero-order chi connectivity index (χ0) is 24.3. The summed E-state index contributed by atoms with van der Waals surface area (Å²) in [7, 11) is -4.09. The van der Waals surface area contributed by atoms with Crippen molar-refractivity contribution in [2.45, 2.75) is 98.1 Å². The molecule has 0 aliphatic heterocycles. The zero-order valence-electron chi connectivity index (χ0n) is 21.2. The third-order valence-corrected chi connectivity index (χ3v) is 9.98. The summed E-state index contributed by atoms with van der Waals surface area (Å²) >= 11 is 0. The fraction of sp³-hybridized carbons (Fsp3) is 0.778. The predicted molar refractivity (Wildman–Crippen MR) is 131 cm³/mol. The van der Waals surface area contributed by atoms with Crippen LogP contribution in [-0.4, -0.2) is 17.3 Å². The molecule has 3 rings (SSSR count). The smallest absolute Gasteiger partial charge is 0.364 e. The van der Waals surface area contributed by atoms with Crippen molar-refractivity contribution < 1.29 is 23.1 Å². The molecule has 2 saturated carbocycles. The summed E-state index contributed by atoms with van der Waals surface area (Å²) in [5.74, 6) is -0.154. The van der Waals surface area contributed by atoms with Crippen LogP contribution in [0, 0.1) is 41.3 Å². The van der Waals surface area contributed by atoms with Crippen LogP contribution in [0.4, 0.5) is 4.39 Å². The standard InChI is InChI=1S/C27H44FO4P/c1-17(2)21-13-11-19(5)15-25(21)31-33(30,27(29)23-9-7-8-10-24(23)28)32-26-16-20(6)12-14-22(26)18(3)4/h7-10,17-22,25-27,29H,11-16H2,1-6H3/t19-,20+,21-,22-,25+,26-,27-,33?/m1/s1. The molecule has 0 radical (unpaired) electrons. The Hall–Kier alpha value is -0.740. The van der Waals surface area contributed by atoms with Crippen LogP contribution in [-0.2, 0) is 13.6 Å². The quantitative estimate of drug-likeness (QED) is 0.382. The molecule has 2 fully saturated rings. The first-order chi connectivity index (χ1) is 15.5. The molecule has 8 atom stereocenters. The minimum atomic E-state index is -4.09. The van der Waals surface area contributed by atoms with Gasteiger partial charge in [-0.2, -0.15) is 0 Å². The highest BCUT2D eigenvalue weighted by Crippen LogP contribution is 2.64. The molecule has 1 N–H and O–H groups in total. The largest absolute Gasteiger partial charge is 0.376 e. The maximum absolute atomic E-state index is 14.7. The Morgan fingerprint density at radius 1 is 0.879 bits per heavy atom. The maximum Gasteiger partial charge on any atom is 0.364 e. The molecule has 6 heteroatoms. The van der Waals surface area contributed by atoms with E-state index < -0.39 is 19.3 Å². The second kappa shape index (κ2) is 11.3. The van der Waals surface area contributed by atoms with E-state index in [1.807, 2.05) is 0 Å². The van der Waals surface area contributed by atoms with Crippen molar-refractivity contribution in [1.82, 2.24) is 0 Å². The monoisotopic (exact) mass is 482 g/mol. The Balaban J connectivity index is 1.96. The van der Waals surface area contributed by atoms with E-state index in [9.17, 15) is 14.1 Å². The number of hydrogen-bond donors (Lipinski definition) is 1. The molecule has 2 aliphatic rings. The Morgan fingerprint density at radius 2 is 1.33 bits per heavy atom. The van der Waals surface area contributed by atoms with Crippen molar-refractivity contribution in [2.24, 2.45) is 35.5 Å². The summed E-state index contributed by atoms with van der Waals surface area (Å²) in [6, 6.07) is 5.97. The number of hydrogen-bond acceptors (Lipinski definition) is 4. The van der Waals surface area contributed by atoms with Crippen molar-refractivity contribution in [3.63, 3.8) is 0 Å². The Kier molecular flexibility index (Phi) is 9.22. The molecule has 0 saturated heterocycles. The normalized spacial score (nSPS) is 33.8. The van der Waals surface area contributed by atoms with Crippen LogP contribution in [0.15, 0.2) is 24.3 Å². The molecule has 0 spiro atoms. The number of aliphatic hydroxyl groups is 1. The minimum absolute atomic E-state index is 0.0178. The molecule has 1 aromatic carbocycles. The molecular formula is C27H44FO4P. The van der Waals surface area contributed by atoms with Gasteiger partial charge in [-0.3, -0.25) is 4.57 Å². The van der Waals surface area contributed by atoms with E-state index in [-0.39, 0.29) is 29.6 Å². The van der Waals surface area contributed by atoms with Crippen molar-refractivity contribution >= 4 is 7.60 Å². The third-order valence-electron chi connectivity index (χ3n) is 7.97. The fourth-order valence-corrected chi connectivity index (χ4v) is 7.91. The van der Waals surface area contributed by atoms with Gasteiger partial charge < -0.3 is 14.2 Å². The molecule has 0 aromatic heterocycles. The molecule has 0 heterocycles. The molecule has 33 heavy (non-hydrogen) atoms. The molecule has 4 nitrogen and oxygen atoms in total. The molecule has 2 aliphatic carbocycles. The molecule has 1 aromatic rings. The number of halogens is 1. The lowest BCUT2D eigenvalue weighted by atomic mass is 9.75. The summed E-state index contributed by atoms with van der Waals surface area (Å²) in [4.78, 5) is 0. The Bertz CT molecular complexity index is 775. The van der Waals surface area contributed by atoms with E-state index in [2.05, 4.69) is 41.5 Å². The van der Waals surface area contributed by atoms with Crippen LogP contribution >= 0.6 is 7.60 Å². The van der Waals surface area contributed by atoms with Crippen LogP contribution in [0.25, 0.3) is 0 Å². The van der Waals surface area contributed by atoms with Crippen molar-refractivity contribution in [3.05, 3.63) is 35.6 Å². The van der Waals surface area contributed by atoms with Gasteiger partial charge in [-0.25, -0.2) is 4.39 Å². The fourth-order valence-electron chi connectivity index (χ4n) is 5.84. The van der Waals surface area contributed by atoms with Crippen LogP contribution in [0.1, 0.15) is 91.5 Å². The van der Waals surface area contributed by atoms with Crippen molar-refractivity contribution in [1.29, 1.82) is 0 Å². The van der Waals surface area contributed by atoms with E-state index in [0.29, 0.717) is 23.7 Å². The van der Waals surface area contributed by atoms with Gasteiger partial charge in [0.15, 0.2) is 5.85 Å². The summed E-state index contributed by atoms with van der Waals surface area (Å²) < 4.78 is 41.9. The van der Waals surface area contributed by atoms with Gasteiger partial charge >= 0.3 is 7.60 Å². The Labute approximate surface area is 200 Å². The van der Waals surface area contributed by atoms with E-state index in [0.717, 1.165) is 38.5 Å². The van der Waals surface area contributed by atoms with E-state index in [1.54, 1.807) is 12.1 Å². The highest BCUT2D eigenvalue weighted by Gasteiger charge is 2.47. The average molecular weight is 483 g/mol. The summed E-state index contributed by atoms with van der Waals surface area (Å²) in [5, 5.41) is 11.3. The second-order valence-electron chi connectivity index (χ2n) is 11.4. The van der Waals surface area contributed by atoms with Gasteiger partial charge in [-0.1, -0.05) is 72.6 Å². The van der Waals surface area contributed by atoms with Crippen LogP contribution in [0.2, 0.25) is 0 Å². The molecule has 1 unspecified atom stereocenters. The summed E-state index contributed by atoms with van der Waals surface area (Å²) in [6.45, 7) is 13.0. The minimum Gasteiger partial charge on any atom is -0.376 e.